The molecule has 2 heteroatoms. The highest BCUT2D eigenvalue weighted by molar-refractivity contribution is 6.35. The topological polar surface area (TPSA) is 20.2 Å². The highest BCUT2D eigenvalue weighted by Crippen LogP contribution is 2.39. The van der Waals surface area contributed by atoms with E-state index in [9.17, 15) is 5.11 Å². The lowest BCUT2D eigenvalue weighted by Gasteiger charge is -2.27. The van der Waals surface area contributed by atoms with Crippen LogP contribution in [0.2, 0.25) is 10.6 Å². The van der Waals surface area contributed by atoms with Crippen LogP contribution in [0, 0.1) is 18.8 Å². The predicted molar refractivity (Wildman–Crippen MR) is 117 cm³/mol. The minimum absolute atomic E-state index is 0.0178. The number of phenols is 1. The van der Waals surface area contributed by atoms with Gasteiger partial charge in [-0.3, -0.25) is 0 Å². The molecule has 0 heterocycles. The van der Waals surface area contributed by atoms with Crippen molar-refractivity contribution in [2.24, 2.45) is 11.8 Å². The van der Waals surface area contributed by atoms with Gasteiger partial charge < -0.3 is 5.11 Å². The van der Waals surface area contributed by atoms with Gasteiger partial charge in [-0.25, -0.2) is 0 Å². The fourth-order valence-corrected chi connectivity index (χ4v) is 4.73. The molecule has 1 N–H and O–H groups in total. The van der Waals surface area contributed by atoms with Crippen molar-refractivity contribution < 1.29 is 5.11 Å². The molecule has 1 rings (SSSR count). The van der Waals surface area contributed by atoms with Gasteiger partial charge in [0, 0.05) is 0 Å². The first kappa shape index (κ1) is 24.6. The molecular formula is C23H43AlO. The Morgan fingerprint density at radius 2 is 1.12 bits per heavy atom. The average molecular weight is 363 g/mol. The Balaban J connectivity index is 0.000000547. The van der Waals surface area contributed by atoms with E-state index in [2.05, 4.69) is 88.3 Å². The predicted octanol–water partition coefficient (Wildman–Crippen LogP) is 6.87. The molecule has 0 saturated heterocycles. The Morgan fingerprint density at radius 3 is 1.36 bits per heavy atom. The van der Waals surface area contributed by atoms with E-state index < -0.39 is 0 Å². The van der Waals surface area contributed by atoms with Gasteiger partial charge in [-0.05, 0) is 28.9 Å². The number of rotatable bonds is 4. The van der Waals surface area contributed by atoms with E-state index in [4.69, 9.17) is 0 Å². The van der Waals surface area contributed by atoms with Crippen LogP contribution in [-0.2, 0) is 10.8 Å². The summed E-state index contributed by atoms with van der Waals surface area (Å²) < 4.78 is 0. The molecule has 0 spiro atoms. The van der Waals surface area contributed by atoms with Gasteiger partial charge in [-0.15, -0.1) is 0 Å². The van der Waals surface area contributed by atoms with Crippen LogP contribution in [0.5, 0.6) is 5.75 Å². The Morgan fingerprint density at radius 1 is 0.800 bits per heavy atom. The molecule has 144 valence electrons. The van der Waals surface area contributed by atoms with E-state index in [1.165, 1.54) is 16.1 Å². The first-order valence-electron chi connectivity index (χ1n) is 10.0. The van der Waals surface area contributed by atoms with Crippen molar-refractivity contribution in [3.05, 3.63) is 28.8 Å². The van der Waals surface area contributed by atoms with Crippen LogP contribution in [0.1, 0.15) is 85.9 Å². The summed E-state index contributed by atoms with van der Waals surface area (Å²) in [5.74, 6) is 2.37. The lowest BCUT2D eigenvalue weighted by molar-refractivity contribution is 0.423. The summed E-state index contributed by atoms with van der Waals surface area (Å²) in [5, 5.41) is 13.5. The quantitative estimate of drug-likeness (QED) is 0.580. The van der Waals surface area contributed by atoms with Crippen molar-refractivity contribution >= 4 is 15.2 Å². The van der Waals surface area contributed by atoms with E-state index in [-0.39, 0.29) is 10.8 Å². The van der Waals surface area contributed by atoms with Crippen LogP contribution in [0.3, 0.4) is 0 Å². The number of hydrogen-bond donors (Lipinski definition) is 1. The Labute approximate surface area is 164 Å². The van der Waals surface area contributed by atoms with Crippen molar-refractivity contribution in [1.29, 1.82) is 0 Å². The minimum atomic E-state index is -0.0178. The second-order valence-electron chi connectivity index (χ2n) is 10.4. The lowest BCUT2D eigenvalue weighted by atomic mass is 9.78. The SMILES string of the molecule is CC(C)[CH2][AlH][CH2]C(C)C.Cc1cc(C(C)(C)C)c(O)c(C(C)(C)C)c1. The number of phenolic OH excluding ortho intramolecular Hbond substituents is 1. The van der Waals surface area contributed by atoms with Gasteiger partial charge in [-0.1, -0.05) is 109 Å². The fraction of sp³-hybridized carbons (Fsp3) is 0.739. The normalized spacial score (nSPS) is 12.2. The molecule has 0 aliphatic carbocycles. The van der Waals surface area contributed by atoms with Crippen LogP contribution >= 0.6 is 0 Å². The van der Waals surface area contributed by atoms with Gasteiger partial charge in [-0.2, -0.15) is 0 Å². The van der Waals surface area contributed by atoms with E-state index in [0.717, 1.165) is 23.0 Å². The molecule has 1 aromatic rings. The largest absolute Gasteiger partial charge is 0.507 e. The molecular weight excluding hydrogens is 319 g/mol. The molecule has 0 atom stereocenters. The van der Waals surface area contributed by atoms with E-state index in [1.54, 1.807) is 0 Å². The van der Waals surface area contributed by atoms with Crippen molar-refractivity contribution in [3.63, 3.8) is 0 Å². The molecule has 1 nitrogen and oxygen atoms in total. The molecule has 0 amide bonds. The highest BCUT2D eigenvalue weighted by Gasteiger charge is 2.25. The second-order valence-corrected chi connectivity index (χ2v) is 12.3. The molecule has 0 bridgehead atoms. The lowest BCUT2D eigenvalue weighted by Crippen LogP contribution is -2.17. The maximum Gasteiger partial charge on any atom is 0.237 e. The molecule has 0 saturated carbocycles. The molecule has 25 heavy (non-hydrogen) atoms. The zero-order valence-corrected chi connectivity index (χ0v) is 20.3. The second kappa shape index (κ2) is 10.0. The molecule has 0 aliphatic rings. The Hall–Kier alpha value is -0.448. The van der Waals surface area contributed by atoms with Crippen LogP contribution < -0.4 is 0 Å². The smallest absolute Gasteiger partial charge is 0.237 e. The monoisotopic (exact) mass is 362 g/mol. The molecule has 0 fully saturated rings. The number of benzene rings is 1. The zero-order valence-electron chi connectivity index (χ0n) is 18.9. The molecule has 0 aliphatic heterocycles. The summed E-state index contributed by atoms with van der Waals surface area (Å²) in [7, 11) is 0. The summed E-state index contributed by atoms with van der Waals surface area (Å²) in [6.07, 6.45) is 0. The van der Waals surface area contributed by atoms with E-state index >= 15 is 0 Å². The van der Waals surface area contributed by atoms with Crippen LogP contribution in [0.15, 0.2) is 12.1 Å². The van der Waals surface area contributed by atoms with E-state index in [1.807, 2.05) is 0 Å². The molecule has 0 unspecified atom stereocenters. The van der Waals surface area contributed by atoms with Crippen molar-refractivity contribution in [1.82, 2.24) is 0 Å². The number of aryl methyl sites for hydroxylation is 1. The maximum absolute atomic E-state index is 10.4. The van der Waals surface area contributed by atoms with Gasteiger partial charge in [0.2, 0.25) is 15.2 Å². The van der Waals surface area contributed by atoms with Gasteiger partial charge in [0.15, 0.2) is 0 Å². The zero-order chi connectivity index (χ0) is 20.0. The van der Waals surface area contributed by atoms with Gasteiger partial charge in [0.1, 0.15) is 5.75 Å². The first-order valence-corrected chi connectivity index (χ1v) is 12.0. The maximum atomic E-state index is 10.4. The number of hydrogen-bond acceptors (Lipinski definition) is 1. The fourth-order valence-electron chi connectivity index (χ4n) is 2.86. The summed E-state index contributed by atoms with van der Waals surface area (Å²) in [4.78, 5) is 0. The van der Waals surface area contributed by atoms with Crippen molar-refractivity contribution in [2.45, 2.75) is 97.6 Å². The molecule has 0 aromatic heterocycles. The highest BCUT2D eigenvalue weighted by atomic mass is 27.1. The van der Waals surface area contributed by atoms with Gasteiger partial charge in [0.25, 0.3) is 0 Å². The first-order chi connectivity index (χ1) is 11.2. The average Bonchev–Trinajstić information content (AvgIpc) is 2.38. The van der Waals surface area contributed by atoms with Gasteiger partial charge in [0.05, 0.1) is 0 Å². The van der Waals surface area contributed by atoms with Crippen LogP contribution in [0.25, 0.3) is 0 Å². The summed E-state index contributed by atoms with van der Waals surface area (Å²) >= 11 is 0.316. The standard InChI is InChI=1S/C15H24O.2C4H9.Al.H/c1-10-8-11(14(2,3)4)13(16)12(9-10)15(5,6)7;2*1-4(2)3;;/h8-9,16H,1-7H3;2*4H,1H2,2-3H3;;. The van der Waals surface area contributed by atoms with E-state index in [0.29, 0.717) is 21.0 Å². The summed E-state index contributed by atoms with van der Waals surface area (Å²) in [5.41, 5.74) is 3.26. The van der Waals surface area contributed by atoms with Crippen molar-refractivity contribution in [2.75, 3.05) is 0 Å². The van der Waals surface area contributed by atoms with Gasteiger partial charge >= 0.3 is 0 Å². The minimum Gasteiger partial charge on any atom is -0.507 e. The molecule has 0 radical (unpaired) electrons. The number of aromatic hydroxyl groups is 1. The Kier molecular flexibility index (Phi) is 9.85. The third-order valence-corrected chi connectivity index (χ3v) is 7.56. The third kappa shape index (κ3) is 9.72. The Bertz CT molecular complexity index is 473. The summed E-state index contributed by atoms with van der Waals surface area (Å²) in [6.45, 7) is 24.2. The molecule has 1 aromatic carbocycles. The summed E-state index contributed by atoms with van der Waals surface area (Å²) in [6, 6.07) is 4.18. The third-order valence-electron chi connectivity index (χ3n) is 4.43. The van der Waals surface area contributed by atoms with Crippen LogP contribution in [0.4, 0.5) is 0 Å². The van der Waals surface area contributed by atoms with Crippen LogP contribution in [-0.4, -0.2) is 20.3 Å². The van der Waals surface area contributed by atoms with Crippen molar-refractivity contribution in [3.8, 4) is 5.75 Å².